The molecule has 0 atom stereocenters. The molecule has 3 rings (SSSR count). The van der Waals surface area contributed by atoms with Gasteiger partial charge in [0, 0.05) is 42.2 Å². The number of hydrogen-bond donors (Lipinski definition) is 3. The maximum Gasteiger partial charge on any atom is 0.267 e. The molecule has 8 nitrogen and oxygen atoms in total. The van der Waals surface area contributed by atoms with Gasteiger partial charge in [-0.2, -0.15) is 0 Å². The molecule has 0 bridgehead atoms. The first-order valence-electron chi connectivity index (χ1n) is 9.69. The van der Waals surface area contributed by atoms with Gasteiger partial charge in [-0.05, 0) is 30.3 Å². The van der Waals surface area contributed by atoms with Gasteiger partial charge in [0.05, 0.1) is 5.52 Å². The van der Waals surface area contributed by atoms with Crippen LogP contribution >= 0.6 is 0 Å². The van der Waals surface area contributed by atoms with E-state index in [2.05, 4.69) is 10.6 Å². The van der Waals surface area contributed by atoms with Crippen molar-refractivity contribution in [3.63, 3.8) is 0 Å². The van der Waals surface area contributed by atoms with E-state index in [-0.39, 0.29) is 23.0 Å². The minimum absolute atomic E-state index is 0.0777. The smallest absolute Gasteiger partial charge is 0.267 e. The van der Waals surface area contributed by atoms with Crippen LogP contribution in [0, 0.1) is 5.92 Å². The Morgan fingerprint density at radius 1 is 1.00 bits per heavy atom. The lowest BCUT2D eigenvalue weighted by Crippen LogP contribution is -2.28. The summed E-state index contributed by atoms with van der Waals surface area (Å²) in [6.07, 6.45) is 0. The highest BCUT2D eigenvalue weighted by atomic mass is 16.3. The van der Waals surface area contributed by atoms with Crippen LogP contribution in [0.15, 0.2) is 47.3 Å². The average molecular weight is 421 g/mol. The number of rotatable bonds is 5. The molecular formula is C23H23N3O5. The minimum atomic E-state index is -0.806. The number of pyridine rings is 1. The molecule has 0 saturated carbocycles. The number of hydrogen-bond acceptors (Lipinski definition) is 5. The highest BCUT2D eigenvalue weighted by Gasteiger charge is 2.22. The van der Waals surface area contributed by atoms with E-state index in [1.54, 1.807) is 44.2 Å². The van der Waals surface area contributed by atoms with Crippen molar-refractivity contribution in [1.82, 2.24) is 4.57 Å². The van der Waals surface area contributed by atoms with Crippen molar-refractivity contribution in [3.8, 4) is 5.75 Å². The summed E-state index contributed by atoms with van der Waals surface area (Å²) in [6.45, 7) is 4.90. The standard InChI is InChI=1S/C23H23N3O5/c1-12(2)20(28)14-6-5-7-15(10-14)25-22(30)19-21(29)17-11-16(24-13(3)27)8-9-18(17)26(4)23(19)31/h5-12,29H,1-4H3,(H,24,27)(H,25,30). The van der Waals surface area contributed by atoms with Gasteiger partial charge in [0.15, 0.2) is 5.78 Å². The number of ketones is 1. The van der Waals surface area contributed by atoms with Crippen molar-refractivity contribution in [2.24, 2.45) is 13.0 Å². The molecular weight excluding hydrogens is 398 g/mol. The molecule has 0 aliphatic carbocycles. The van der Waals surface area contributed by atoms with Crippen LogP contribution in [0.3, 0.4) is 0 Å². The number of anilines is 2. The van der Waals surface area contributed by atoms with Crippen molar-refractivity contribution in [2.45, 2.75) is 20.8 Å². The zero-order chi connectivity index (χ0) is 22.9. The molecule has 0 aliphatic rings. The van der Waals surface area contributed by atoms with Gasteiger partial charge in [-0.15, -0.1) is 0 Å². The number of nitrogens with one attached hydrogen (secondary N) is 2. The van der Waals surface area contributed by atoms with E-state index >= 15 is 0 Å². The van der Waals surface area contributed by atoms with E-state index in [1.807, 2.05) is 0 Å². The number of aryl methyl sites for hydroxylation is 1. The number of amides is 2. The van der Waals surface area contributed by atoms with E-state index in [0.29, 0.717) is 22.5 Å². The Labute approximate surface area is 178 Å². The van der Waals surface area contributed by atoms with Gasteiger partial charge in [-0.1, -0.05) is 26.0 Å². The lowest BCUT2D eigenvalue weighted by molar-refractivity contribution is -0.114. The van der Waals surface area contributed by atoms with Crippen LogP contribution in [-0.2, 0) is 11.8 Å². The van der Waals surface area contributed by atoms with Crippen molar-refractivity contribution in [3.05, 3.63) is 63.9 Å². The third-order valence-electron chi connectivity index (χ3n) is 4.85. The van der Waals surface area contributed by atoms with E-state index in [1.165, 1.54) is 30.7 Å². The Bertz CT molecular complexity index is 1270. The summed E-state index contributed by atoms with van der Waals surface area (Å²) < 4.78 is 1.25. The first-order chi connectivity index (χ1) is 14.6. The summed E-state index contributed by atoms with van der Waals surface area (Å²) in [5, 5.41) is 16.2. The first kappa shape index (κ1) is 21.8. The van der Waals surface area contributed by atoms with Crippen LogP contribution in [0.1, 0.15) is 41.5 Å². The quantitative estimate of drug-likeness (QED) is 0.547. The van der Waals surface area contributed by atoms with Crippen LogP contribution < -0.4 is 16.2 Å². The molecule has 0 saturated heterocycles. The average Bonchev–Trinajstić information content (AvgIpc) is 2.71. The Hall–Kier alpha value is -3.94. The Kier molecular flexibility index (Phi) is 5.92. The SMILES string of the molecule is CC(=O)Nc1ccc2c(c1)c(O)c(C(=O)Nc1cccc(C(=O)C(C)C)c1)c(=O)n2C. The van der Waals surface area contributed by atoms with Gasteiger partial charge in [0.25, 0.3) is 11.5 Å². The molecule has 0 spiro atoms. The third kappa shape index (κ3) is 4.32. The van der Waals surface area contributed by atoms with Crippen LogP contribution in [0.5, 0.6) is 5.75 Å². The normalized spacial score (nSPS) is 10.9. The molecule has 8 heteroatoms. The number of nitrogens with zero attached hydrogens (tertiary/aromatic N) is 1. The number of carbonyl (C=O) groups is 3. The Morgan fingerprint density at radius 3 is 2.32 bits per heavy atom. The molecule has 1 heterocycles. The number of fused-ring (bicyclic) bond motifs is 1. The van der Waals surface area contributed by atoms with E-state index in [9.17, 15) is 24.3 Å². The van der Waals surface area contributed by atoms with Gasteiger partial charge in [-0.3, -0.25) is 19.2 Å². The summed E-state index contributed by atoms with van der Waals surface area (Å²) in [5.74, 6) is -1.87. The van der Waals surface area contributed by atoms with E-state index in [0.717, 1.165) is 0 Å². The molecule has 1 aromatic heterocycles. The molecule has 3 N–H and O–H groups in total. The van der Waals surface area contributed by atoms with E-state index < -0.39 is 22.8 Å². The maximum atomic E-state index is 12.9. The fourth-order valence-electron chi connectivity index (χ4n) is 3.29. The Balaban J connectivity index is 2.05. The van der Waals surface area contributed by atoms with E-state index in [4.69, 9.17) is 0 Å². The van der Waals surface area contributed by atoms with Crippen LogP contribution in [0.2, 0.25) is 0 Å². The van der Waals surface area contributed by atoms with Crippen molar-refractivity contribution >= 4 is 39.9 Å². The maximum absolute atomic E-state index is 12.9. The molecule has 3 aromatic rings. The monoisotopic (exact) mass is 421 g/mol. The number of Topliss-reactive ketones (excluding diaryl/α,β-unsaturated/α-hetero) is 1. The predicted molar refractivity (Wildman–Crippen MR) is 119 cm³/mol. The highest BCUT2D eigenvalue weighted by molar-refractivity contribution is 6.10. The predicted octanol–water partition coefficient (Wildman–Crippen LogP) is 3.29. The van der Waals surface area contributed by atoms with Crippen molar-refractivity contribution in [1.29, 1.82) is 0 Å². The third-order valence-corrected chi connectivity index (χ3v) is 4.85. The number of carbonyl (C=O) groups excluding carboxylic acids is 3. The minimum Gasteiger partial charge on any atom is -0.506 e. The second-order valence-corrected chi connectivity index (χ2v) is 7.55. The second kappa shape index (κ2) is 8.43. The molecule has 0 unspecified atom stereocenters. The van der Waals surface area contributed by atoms with Gasteiger partial charge < -0.3 is 20.3 Å². The van der Waals surface area contributed by atoms with Gasteiger partial charge in [-0.25, -0.2) is 0 Å². The topological polar surface area (TPSA) is 118 Å². The lowest BCUT2D eigenvalue weighted by Gasteiger charge is -2.14. The van der Waals surface area contributed by atoms with Gasteiger partial charge in [0.2, 0.25) is 5.91 Å². The van der Waals surface area contributed by atoms with Gasteiger partial charge >= 0.3 is 0 Å². The van der Waals surface area contributed by atoms with Gasteiger partial charge in [0.1, 0.15) is 11.3 Å². The second-order valence-electron chi connectivity index (χ2n) is 7.55. The van der Waals surface area contributed by atoms with Crippen molar-refractivity contribution in [2.75, 3.05) is 10.6 Å². The van der Waals surface area contributed by atoms with Crippen molar-refractivity contribution < 1.29 is 19.5 Å². The molecule has 0 aliphatic heterocycles. The summed E-state index contributed by atoms with van der Waals surface area (Å²) in [5.41, 5.74) is 0.464. The molecule has 31 heavy (non-hydrogen) atoms. The molecule has 0 radical (unpaired) electrons. The zero-order valence-corrected chi connectivity index (χ0v) is 17.6. The summed E-state index contributed by atoms with van der Waals surface area (Å²) >= 11 is 0. The number of benzene rings is 2. The fraction of sp³-hybridized carbons (Fsp3) is 0.217. The lowest BCUT2D eigenvalue weighted by atomic mass is 10.0. The summed E-state index contributed by atoms with van der Waals surface area (Å²) in [6, 6.07) is 11.1. The summed E-state index contributed by atoms with van der Waals surface area (Å²) in [7, 11) is 1.49. The Morgan fingerprint density at radius 2 is 1.68 bits per heavy atom. The fourth-order valence-corrected chi connectivity index (χ4v) is 3.29. The largest absolute Gasteiger partial charge is 0.506 e. The molecule has 2 amide bonds. The number of aromatic nitrogens is 1. The molecule has 160 valence electrons. The van der Waals surface area contributed by atoms with Crippen LogP contribution in [-0.4, -0.2) is 27.3 Å². The summed E-state index contributed by atoms with van der Waals surface area (Å²) in [4.78, 5) is 49.2. The molecule has 2 aromatic carbocycles. The molecule has 0 fully saturated rings. The first-order valence-corrected chi connectivity index (χ1v) is 9.69. The van der Waals surface area contributed by atoms with Crippen LogP contribution in [0.25, 0.3) is 10.9 Å². The zero-order valence-electron chi connectivity index (χ0n) is 17.6. The highest BCUT2D eigenvalue weighted by Crippen LogP contribution is 2.29. The van der Waals surface area contributed by atoms with Crippen LogP contribution in [0.4, 0.5) is 11.4 Å². The number of aromatic hydroxyl groups is 1.